The lowest BCUT2D eigenvalue weighted by molar-refractivity contribution is 0.279. The van der Waals surface area contributed by atoms with E-state index in [-0.39, 0.29) is 12.4 Å². The summed E-state index contributed by atoms with van der Waals surface area (Å²) in [5.74, 6) is 2.47. The van der Waals surface area contributed by atoms with Gasteiger partial charge < -0.3 is 19.5 Å². The molecule has 0 saturated carbocycles. The number of nitrogens with one attached hydrogen (secondary N) is 1. The topological polar surface area (TPSA) is 39.7 Å². The van der Waals surface area contributed by atoms with Crippen LogP contribution < -0.4 is 19.5 Å². The Morgan fingerprint density at radius 1 is 0.750 bits per heavy atom. The van der Waals surface area contributed by atoms with Crippen LogP contribution in [0.1, 0.15) is 11.1 Å². The third kappa shape index (κ3) is 5.58. The first-order chi connectivity index (χ1) is 15.7. The van der Waals surface area contributed by atoms with Crippen LogP contribution in [0.2, 0.25) is 0 Å². The van der Waals surface area contributed by atoms with Gasteiger partial charge in [-0.15, -0.1) is 0 Å². The van der Waals surface area contributed by atoms with Crippen molar-refractivity contribution in [2.75, 3.05) is 12.4 Å². The molecule has 0 aliphatic rings. The van der Waals surface area contributed by atoms with E-state index < -0.39 is 0 Å². The zero-order chi connectivity index (χ0) is 22.2. The van der Waals surface area contributed by atoms with Crippen LogP contribution in [-0.2, 0) is 13.2 Å². The summed E-state index contributed by atoms with van der Waals surface area (Å²) in [5, 5.41) is 3.39. The number of hydrogen-bond acceptors (Lipinski definition) is 4. The lowest BCUT2D eigenvalue weighted by Crippen LogP contribution is -2.02. The molecule has 0 amide bonds. The van der Waals surface area contributed by atoms with Crippen molar-refractivity contribution < 1.29 is 18.6 Å². The normalized spacial score (nSPS) is 10.4. The molecule has 0 radical (unpaired) electrons. The van der Waals surface area contributed by atoms with Crippen LogP contribution >= 0.6 is 0 Å². The first-order valence-corrected chi connectivity index (χ1v) is 10.3. The van der Waals surface area contributed by atoms with Crippen molar-refractivity contribution in [1.29, 1.82) is 0 Å². The Labute approximate surface area is 187 Å². The zero-order valence-electron chi connectivity index (χ0n) is 17.8. The molecule has 1 N–H and O–H groups in total. The molecule has 0 heterocycles. The van der Waals surface area contributed by atoms with E-state index in [0.717, 1.165) is 22.7 Å². The summed E-state index contributed by atoms with van der Waals surface area (Å²) in [7, 11) is 1.59. The molecule has 0 aromatic heterocycles. The summed E-state index contributed by atoms with van der Waals surface area (Å²) >= 11 is 0. The van der Waals surface area contributed by atoms with E-state index in [4.69, 9.17) is 14.2 Å². The molecular weight excluding hydrogens is 405 g/mol. The Balaban J connectivity index is 1.34. The predicted octanol–water partition coefficient (Wildman–Crippen LogP) is 6.82. The monoisotopic (exact) mass is 429 g/mol. The van der Waals surface area contributed by atoms with Crippen LogP contribution in [-0.4, -0.2) is 7.11 Å². The summed E-state index contributed by atoms with van der Waals surface area (Å²) < 4.78 is 30.9. The van der Waals surface area contributed by atoms with Gasteiger partial charge in [-0.25, -0.2) is 4.39 Å². The number of benzene rings is 4. The van der Waals surface area contributed by atoms with E-state index in [9.17, 15) is 4.39 Å². The van der Waals surface area contributed by atoms with Crippen molar-refractivity contribution >= 4 is 5.69 Å². The average molecular weight is 429 g/mol. The van der Waals surface area contributed by atoms with Crippen LogP contribution in [0.15, 0.2) is 97.1 Å². The maximum atomic E-state index is 13.8. The third-order valence-corrected chi connectivity index (χ3v) is 4.90. The van der Waals surface area contributed by atoms with Crippen molar-refractivity contribution in [2.45, 2.75) is 13.2 Å². The first kappa shape index (κ1) is 21.2. The summed E-state index contributed by atoms with van der Waals surface area (Å²) in [5.41, 5.74) is 2.51. The standard InChI is InChI=1S/C27H24FNO3/c1-30-27-17-20(11-16-26(27)31-19-21-7-5-6-10-25(21)28)18-29-22-12-14-24(15-13-22)32-23-8-3-2-4-9-23/h2-17,29H,18-19H2,1H3. The number of anilines is 1. The Hall–Kier alpha value is -3.99. The van der Waals surface area contributed by atoms with Gasteiger partial charge in [-0.05, 0) is 60.2 Å². The van der Waals surface area contributed by atoms with Gasteiger partial charge in [0.25, 0.3) is 0 Å². The highest BCUT2D eigenvalue weighted by molar-refractivity contribution is 5.49. The largest absolute Gasteiger partial charge is 0.493 e. The highest BCUT2D eigenvalue weighted by Crippen LogP contribution is 2.30. The fourth-order valence-corrected chi connectivity index (χ4v) is 3.18. The highest BCUT2D eigenvalue weighted by atomic mass is 19.1. The van der Waals surface area contributed by atoms with E-state index in [1.165, 1.54) is 6.07 Å². The van der Waals surface area contributed by atoms with Gasteiger partial charge in [0.2, 0.25) is 0 Å². The predicted molar refractivity (Wildman–Crippen MR) is 124 cm³/mol. The zero-order valence-corrected chi connectivity index (χ0v) is 17.8. The Morgan fingerprint density at radius 3 is 2.22 bits per heavy atom. The van der Waals surface area contributed by atoms with Gasteiger partial charge in [0.1, 0.15) is 23.9 Å². The van der Waals surface area contributed by atoms with E-state index in [2.05, 4.69) is 5.32 Å². The number of halogens is 1. The lowest BCUT2D eigenvalue weighted by Gasteiger charge is -2.13. The SMILES string of the molecule is COc1cc(CNc2ccc(Oc3ccccc3)cc2)ccc1OCc1ccccc1F. The number of methoxy groups -OCH3 is 1. The van der Waals surface area contributed by atoms with Crippen LogP contribution in [0.5, 0.6) is 23.0 Å². The smallest absolute Gasteiger partial charge is 0.161 e. The molecule has 0 unspecified atom stereocenters. The Bertz CT molecular complexity index is 1150. The summed E-state index contributed by atoms with van der Waals surface area (Å²) in [4.78, 5) is 0. The fraction of sp³-hybridized carbons (Fsp3) is 0.111. The lowest BCUT2D eigenvalue weighted by atomic mass is 10.2. The summed E-state index contributed by atoms with van der Waals surface area (Å²) in [6.07, 6.45) is 0. The van der Waals surface area contributed by atoms with Crippen molar-refractivity contribution in [3.8, 4) is 23.0 Å². The first-order valence-electron chi connectivity index (χ1n) is 10.3. The molecule has 32 heavy (non-hydrogen) atoms. The highest BCUT2D eigenvalue weighted by Gasteiger charge is 2.08. The van der Waals surface area contributed by atoms with Crippen molar-refractivity contribution in [3.63, 3.8) is 0 Å². The molecule has 0 bridgehead atoms. The van der Waals surface area contributed by atoms with Gasteiger partial charge in [0, 0.05) is 17.8 Å². The van der Waals surface area contributed by atoms with E-state index in [1.54, 1.807) is 25.3 Å². The average Bonchev–Trinajstić information content (AvgIpc) is 2.84. The fourth-order valence-electron chi connectivity index (χ4n) is 3.18. The Morgan fingerprint density at radius 2 is 1.47 bits per heavy atom. The second-order valence-electron chi connectivity index (χ2n) is 7.16. The molecule has 5 heteroatoms. The molecule has 162 valence electrons. The van der Waals surface area contributed by atoms with Crippen molar-refractivity contribution in [2.24, 2.45) is 0 Å². The minimum atomic E-state index is -0.285. The van der Waals surface area contributed by atoms with Crippen LogP contribution in [0.3, 0.4) is 0 Å². The van der Waals surface area contributed by atoms with Crippen molar-refractivity contribution in [1.82, 2.24) is 0 Å². The van der Waals surface area contributed by atoms with Gasteiger partial charge >= 0.3 is 0 Å². The maximum absolute atomic E-state index is 13.8. The minimum Gasteiger partial charge on any atom is -0.493 e. The molecule has 4 aromatic carbocycles. The van der Waals surface area contributed by atoms with Crippen molar-refractivity contribution in [3.05, 3.63) is 114 Å². The van der Waals surface area contributed by atoms with Gasteiger partial charge in [-0.1, -0.05) is 42.5 Å². The second-order valence-corrected chi connectivity index (χ2v) is 7.16. The molecule has 0 aliphatic heterocycles. The van der Waals surface area contributed by atoms with Gasteiger partial charge in [-0.3, -0.25) is 0 Å². The molecule has 0 saturated heterocycles. The maximum Gasteiger partial charge on any atom is 0.161 e. The van der Waals surface area contributed by atoms with Gasteiger partial charge in [0.15, 0.2) is 11.5 Å². The Kier molecular flexibility index (Phi) is 6.88. The number of para-hydroxylation sites is 1. The summed E-state index contributed by atoms with van der Waals surface area (Å²) in [6.45, 7) is 0.751. The van der Waals surface area contributed by atoms with Crippen LogP contribution in [0, 0.1) is 5.82 Å². The number of ether oxygens (including phenoxy) is 3. The molecule has 0 fully saturated rings. The van der Waals surface area contributed by atoms with Crippen LogP contribution in [0.25, 0.3) is 0 Å². The molecule has 4 rings (SSSR count). The van der Waals surface area contributed by atoms with E-state index >= 15 is 0 Å². The molecule has 0 aliphatic carbocycles. The molecule has 4 aromatic rings. The van der Waals surface area contributed by atoms with Gasteiger partial charge in [-0.2, -0.15) is 0 Å². The number of hydrogen-bond donors (Lipinski definition) is 1. The third-order valence-electron chi connectivity index (χ3n) is 4.90. The molecule has 0 atom stereocenters. The van der Waals surface area contributed by atoms with E-state index in [1.807, 2.05) is 72.8 Å². The quantitative estimate of drug-likeness (QED) is 0.317. The molecule has 4 nitrogen and oxygen atoms in total. The van der Waals surface area contributed by atoms with Crippen LogP contribution in [0.4, 0.5) is 10.1 Å². The molecular formula is C27H24FNO3. The van der Waals surface area contributed by atoms with E-state index in [0.29, 0.717) is 23.6 Å². The van der Waals surface area contributed by atoms with Gasteiger partial charge in [0.05, 0.1) is 7.11 Å². The second kappa shape index (κ2) is 10.4. The number of rotatable bonds is 9. The minimum absolute atomic E-state index is 0.137. The molecule has 0 spiro atoms. The summed E-state index contributed by atoms with van der Waals surface area (Å²) in [6, 6.07) is 29.8.